The van der Waals surface area contributed by atoms with Gasteiger partial charge in [-0.3, -0.25) is 0 Å². The van der Waals surface area contributed by atoms with Crippen LogP contribution < -0.4 is 0 Å². The van der Waals surface area contributed by atoms with Crippen molar-refractivity contribution < 1.29 is 24.2 Å². The molecule has 2 N–H and O–H groups in total. The summed E-state index contributed by atoms with van der Waals surface area (Å²) in [5.74, 6) is -5.64. The van der Waals surface area contributed by atoms with Gasteiger partial charge in [-0.25, -0.2) is 9.59 Å². The Balaban J connectivity index is 5.08. The van der Waals surface area contributed by atoms with Gasteiger partial charge < -0.3 is 10.2 Å². The van der Waals surface area contributed by atoms with Crippen LogP contribution in [-0.4, -0.2) is 22.2 Å². The largest absolute Gasteiger partial charge is 0.478 e. The summed E-state index contributed by atoms with van der Waals surface area (Å²) in [6, 6.07) is 0. The number of rotatable bonds is 3. The van der Waals surface area contributed by atoms with Gasteiger partial charge in [0.05, 0.1) is 5.57 Å². The predicted octanol–water partition coefficient (Wildman–Crippen LogP) is 1.04. The second-order valence-electron chi connectivity index (χ2n) is 2.49. The Bertz CT molecular complexity index is 242. The van der Waals surface area contributed by atoms with E-state index in [-0.39, 0.29) is 0 Å². The van der Waals surface area contributed by atoms with Crippen molar-refractivity contribution in [2.75, 3.05) is 0 Å². The van der Waals surface area contributed by atoms with E-state index in [9.17, 15) is 14.0 Å². The van der Waals surface area contributed by atoms with E-state index in [0.717, 1.165) is 0 Å². The first kappa shape index (κ1) is 10.6. The Morgan fingerprint density at radius 1 is 1.17 bits per heavy atom. The molecule has 0 aromatic heterocycles. The van der Waals surface area contributed by atoms with E-state index in [2.05, 4.69) is 0 Å². The van der Waals surface area contributed by atoms with Gasteiger partial charge in [0.15, 0.2) is 0 Å². The highest BCUT2D eigenvalue weighted by Crippen LogP contribution is 2.16. The van der Waals surface area contributed by atoms with Gasteiger partial charge in [0.1, 0.15) is 0 Å². The summed E-state index contributed by atoms with van der Waals surface area (Å²) in [7, 11) is 0. The first-order valence-electron chi connectivity index (χ1n) is 3.24. The van der Waals surface area contributed by atoms with E-state index in [0.29, 0.717) is 0 Å². The Labute approximate surface area is 68.3 Å². The number of hydrogen-bond donors (Lipinski definition) is 2. The van der Waals surface area contributed by atoms with Crippen molar-refractivity contribution >= 4 is 11.9 Å². The topological polar surface area (TPSA) is 74.6 Å². The lowest BCUT2D eigenvalue weighted by Gasteiger charge is -2.04. The van der Waals surface area contributed by atoms with Gasteiger partial charge >= 0.3 is 11.9 Å². The van der Waals surface area contributed by atoms with E-state index in [1.807, 2.05) is 0 Å². The molecule has 0 heterocycles. The average Bonchev–Trinajstić information content (AvgIpc) is 1.85. The molecule has 0 rings (SSSR count). The number of carboxylic acid groups (broad SMARTS) is 2. The number of aliphatic carboxylic acids is 2. The zero-order valence-corrected chi connectivity index (χ0v) is 6.67. The summed E-state index contributed by atoms with van der Waals surface area (Å²) in [5.41, 5.74) is -0.706. The van der Waals surface area contributed by atoms with Crippen molar-refractivity contribution in [2.24, 2.45) is 5.92 Å². The minimum Gasteiger partial charge on any atom is -0.478 e. The number of hydrogen-bond acceptors (Lipinski definition) is 2. The monoisotopic (exact) mass is 176 g/mol. The van der Waals surface area contributed by atoms with Crippen LogP contribution in [0.3, 0.4) is 0 Å². The second kappa shape index (κ2) is 3.85. The van der Waals surface area contributed by atoms with Crippen LogP contribution in [-0.2, 0) is 9.59 Å². The van der Waals surface area contributed by atoms with Crippen molar-refractivity contribution in [2.45, 2.75) is 13.8 Å². The molecule has 0 spiro atoms. The number of halogens is 1. The maximum absolute atomic E-state index is 12.6. The molecule has 0 unspecified atom stereocenters. The quantitative estimate of drug-likeness (QED) is 0.630. The molecular formula is C7H9FO4. The maximum atomic E-state index is 12.6. The molecule has 0 radical (unpaired) electrons. The van der Waals surface area contributed by atoms with E-state index in [4.69, 9.17) is 10.2 Å². The lowest BCUT2D eigenvalue weighted by Crippen LogP contribution is -2.13. The van der Waals surface area contributed by atoms with Gasteiger partial charge in [-0.1, -0.05) is 13.8 Å². The normalized spacial score (nSPS) is 12.7. The number of carbonyl (C=O) groups is 2. The van der Waals surface area contributed by atoms with Crippen LogP contribution in [0.2, 0.25) is 0 Å². The first-order valence-corrected chi connectivity index (χ1v) is 3.24. The van der Waals surface area contributed by atoms with Crippen molar-refractivity contribution in [1.82, 2.24) is 0 Å². The second-order valence-corrected chi connectivity index (χ2v) is 2.49. The molecule has 0 aliphatic rings. The van der Waals surface area contributed by atoms with Crippen LogP contribution in [0.1, 0.15) is 13.8 Å². The minimum absolute atomic E-state index is 0.654. The molecule has 0 bridgehead atoms. The summed E-state index contributed by atoms with van der Waals surface area (Å²) in [5, 5.41) is 16.6. The van der Waals surface area contributed by atoms with Gasteiger partial charge in [-0.15, -0.1) is 0 Å². The van der Waals surface area contributed by atoms with Gasteiger partial charge in [-0.05, 0) is 5.92 Å². The molecule has 5 heteroatoms. The van der Waals surface area contributed by atoms with Gasteiger partial charge in [0, 0.05) is 0 Å². The highest BCUT2D eigenvalue weighted by atomic mass is 19.1. The highest BCUT2D eigenvalue weighted by molar-refractivity contribution is 5.97. The lowest BCUT2D eigenvalue weighted by molar-refractivity contribution is -0.137. The molecular weight excluding hydrogens is 167 g/mol. The van der Waals surface area contributed by atoms with Crippen LogP contribution in [0.4, 0.5) is 4.39 Å². The van der Waals surface area contributed by atoms with Crippen LogP contribution in [0.25, 0.3) is 0 Å². The van der Waals surface area contributed by atoms with Gasteiger partial charge in [0.2, 0.25) is 5.83 Å². The molecule has 12 heavy (non-hydrogen) atoms. The third-order valence-corrected chi connectivity index (χ3v) is 1.23. The van der Waals surface area contributed by atoms with Crippen molar-refractivity contribution in [3.63, 3.8) is 0 Å². The Morgan fingerprint density at radius 3 is 1.67 bits per heavy atom. The molecule has 0 amide bonds. The maximum Gasteiger partial charge on any atom is 0.365 e. The fourth-order valence-corrected chi connectivity index (χ4v) is 0.709. The zero-order valence-electron chi connectivity index (χ0n) is 6.67. The van der Waals surface area contributed by atoms with E-state index in [1.165, 1.54) is 13.8 Å². The molecule has 0 aliphatic heterocycles. The van der Waals surface area contributed by atoms with Gasteiger partial charge in [-0.2, -0.15) is 4.39 Å². The van der Waals surface area contributed by atoms with Gasteiger partial charge in [0.25, 0.3) is 0 Å². The molecule has 0 aromatic carbocycles. The van der Waals surface area contributed by atoms with Crippen molar-refractivity contribution in [3.8, 4) is 0 Å². The summed E-state index contributed by atoms with van der Waals surface area (Å²) in [4.78, 5) is 20.4. The molecule has 0 saturated heterocycles. The van der Waals surface area contributed by atoms with E-state index >= 15 is 0 Å². The molecule has 4 nitrogen and oxygen atoms in total. The van der Waals surface area contributed by atoms with Crippen LogP contribution in [0.5, 0.6) is 0 Å². The minimum atomic E-state index is -1.85. The highest BCUT2D eigenvalue weighted by Gasteiger charge is 2.22. The lowest BCUT2D eigenvalue weighted by atomic mass is 10.0. The summed E-state index contributed by atoms with van der Waals surface area (Å²) in [6.45, 7) is 2.82. The first-order chi connectivity index (χ1) is 5.37. The molecule has 68 valence electrons. The summed E-state index contributed by atoms with van der Waals surface area (Å²) >= 11 is 0. The third-order valence-electron chi connectivity index (χ3n) is 1.23. The Hall–Kier alpha value is -1.39. The molecule has 0 fully saturated rings. The standard InChI is InChI=1S/C7H9FO4/c1-3(2)4(6(9)10)5(8)7(11)12/h3H,1-2H3,(H,9,10)(H,11,12)/b5-4+. The summed E-state index contributed by atoms with van der Waals surface area (Å²) in [6.07, 6.45) is 0. The smallest absolute Gasteiger partial charge is 0.365 e. The van der Waals surface area contributed by atoms with Crippen LogP contribution >= 0.6 is 0 Å². The van der Waals surface area contributed by atoms with E-state index < -0.39 is 29.3 Å². The molecule has 0 aromatic rings. The average molecular weight is 176 g/mol. The fourth-order valence-electron chi connectivity index (χ4n) is 0.709. The molecule has 0 saturated carbocycles. The zero-order chi connectivity index (χ0) is 9.89. The molecule has 0 aliphatic carbocycles. The summed E-state index contributed by atoms with van der Waals surface area (Å²) < 4.78 is 12.6. The van der Waals surface area contributed by atoms with Crippen LogP contribution in [0.15, 0.2) is 11.4 Å². The third kappa shape index (κ3) is 2.34. The SMILES string of the molecule is CC(C)/C(C(=O)O)=C(\F)C(=O)O. The fraction of sp³-hybridized carbons (Fsp3) is 0.429. The number of carboxylic acids is 2. The molecule has 0 atom stereocenters. The van der Waals surface area contributed by atoms with Crippen molar-refractivity contribution in [3.05, 3.63) is 11.4 Å². The van der Waals surface area contributed by atoms with E-state index in [1.54, 1.807) is 0 Å². The van der Waals surface area contributed by atoms with Crippen LogP contribution in [0, 0.1) is 5.92 Å². The van der Waals surface area contributed by atoms with Crippen molar-refractivity contribution in [1.29, 1.82) is 0 Å². The Morgan fingerprint density at radius 2 is 1.58 bits per heavy atom. The predicted molar refractivity (Wildman–Crippen MR) is 38.2 cm³/mol. The Kier molecular flexibility index (Phi) is 3.40.